The highest BCUT2D eigenvalue weighted by atomic mass is 19.4. The highest BCUT2D eigenvalue weighted by Gasteiger charge is 2.38. The van der Waals surface area contributed by atoms with Gasteiger partial charge in [-0.05, 0) is 12.3 Å². The number of hydrogen-bond donors (Lipinski definition) is 0. The first-order valence-corrected chi connectivity index (χ1v) is 2.87. The number of halogens is 8. The summed E-state index contributed by atoms with van der Waals surface area (Å²) in [5.74, 6) is -3.33. The van der Waals surface area contributed by atoms with Gasteiger partial charge in [0.05, 0.1) is 0 Å². The summed E-state index contributed by atoms with van der Waals surface area (Å²) < 4.78 is 86.3. The van der Waals surface area contributed by atoms with Crippen LogP contribution >= 0.6 is 0 Å². The average molecular weight is 238 g/mol. The zero-order valence-corrected chi connectivity index (χ0v) is 6.73. The van der Waals surface area contributed by atoms with E-state index in [0.29, 0.717) is 0 Å². The summed E-state index contributed by atoms with van der Waals surface area (Å²) in [7, 11) is 0. The molecule has 0 aliphatic rings. The van der Waals surface area contributed by atoms with Crippen LogP contribution in [0, 0.1) is 0 Å². The minimum absolute atomic E-state index is 1.43. The molecule has 0 unspecified atom stereocenters. The zero-order chi connectivity index (χ0) is 12.6. The van der Waals surface area contributed by atoms with Gasteiger partial charge in [0.1, 0.15) is 0 Å². The van der Waals surface area contributed by atoms with E-state index < -0.39 is 24.2 Å². The van der Waals surface area contributed by atoms with Crippen molar-refractivity contribution in [1.29, 1.82) is 0 Å². The summed E-state index contributed by atoms with van der Waals surface area (Å²) in [6, 6.07) is 0. The fraction of sp³-hybridized carbons (Fsp3) is 0.143. The maximum Gasteiger partial charge on any atom is 0.448 e. The molecule has 0 aliphatic heterocycles. The molecule has 0 atom stereocenters. The summed E-state index contributed by atoms with van der Waals surface area (Å²) in [5, 5.41) is 0. The van der Waals surface area contributed by atoms with E-state index in [2.05, 4.69) is 6.58 Å². The van der Waals surface area contributed by atoms with Crippen LogP contribution in [-0.2, 0) is 0 Å². The normalized spacial score (nSPS) is 9.07. The Bertz CT molecular complexity index is 302. The molecule has 0 spiro atoms. The molecule has 0 rings (SSSR count). The third-order valence-corrected chi connectivity index (χ3v) is 0.598. The fourth-order valence-electron chi connectivity index (χ4n) is 0.174. The number of alkyl halides is 3. The standard InChI is InChI=1S/C4H2F2.C3F6/c1-2-3-4(5)6;4-1(2(5)6)3(7,8)9/h1H2;. The molecule has 0 heterocycles. The highest BCUT2D eigenvalue weighted by molar-refractivity contribution is 4.98. The van der Waals surface area contributed by atoms with Crippen LogP contribution in [0.5, 0.6) is 0 Å². The van der Waals surface area contributed by atoms with Gasteiger partial charge in [-0.25, -0.2) is 0 Å². The quantitative estimate of drug-likeness (QED) is 0.435. The Hall–Kier alpha value is -1.52. The van der Waals surface area contributed by atoms with Crippen molar-refractivity contribution >= 4 is 0 Å². The lowest BCUT2D eigenvalue weighted by Gasteiger charge is -1.98. The Kier molecular flexibility index (Phi) is 7.29. The van der Waals surface area contributed by atoms with E-state index in [1.54, 1.807) is 5.73 Å². The molecule has 0 radical (unpaired) electrons. The van der Waals surface area contributed by atoms with Gasteiger partial charge in [-0.3, -0.25) is 0 Å². The average Bonchev–Trinajstić information content (AvgIpc) is 2.01. The van der Waals surface area contributed by atoms with E-state index in [4.69, 9.17) is 0 Å². The third-order valence-electron chi connectivity index (χ3n) is 0.598. The van der Waals surface area contributed by atoms with Crippen LogP contribution in [-0.4, -0.2) is 6.18 Å². The molecule has 0 saturated heterocycles. The molecule has 0 aromatic carbocycles. The first-order valence-electron chi connectivity index (χ1n) is 2.87. The van der Waals surface area contributed by atoms with Crippen LogP contribution < -0.4 is 0 Å². The number of rotatable bonds is 0. The van der Waals surface area contributed by atoms with Crippen molar-refractivity contribution in [3.05, 3.63) is 36.0 Å². The van der Waals surface area contributed by atoms with E-state index >= 15 is 0 Å². The van der Waals surface area contributed by atoms with Crippen molar-refractivity contribution in [2.75, 3.05) is 0 Å². The van der Waals surface area contributed by atoms with Gasteiger partial charge in [-0.15, -0.1) is 0 Å². The summed E-state index contributed by atoms with van der Waals surface area (Å²) in [5.41, 5.74) is 3.21. The van der Waals surface area contributed by atoms with Crippen molar-refractivity contribution in [3.63, 3.8) is 0 Å². The molecular formula is C7H2F8. The second-order valence-electron chi connectivity index (χ2n) is 1.63. The first-order chi connectivity index (χ1) is 6.62. The maximum atomic E-state index is 11.0. The van der Waals surface area contributed by atoms with E-state index in [1.165, 1.54) is 5.73 Å². The van der Waals surface area contributed by atoms with Gasteiger partial charge in [0, 0.05) is 0 Å². The second kappa shape index (κ2) is 6.86. The summed E-state index contributed by atoms with van der Waals surface area (Å²) in [4.78, 5) is 0. The van der Waals surface area contributed by atoms with Gasteiger partial charge in [-0.1, -0.05) is 5.73 Å². The number of allylic oxidation sites excluding steroid dienone is 1. The molecule has 0 aromatic heterocycles. The van der Waals surface area contributed by atoms with Gasteiger partial charge >= 0.3 is 18.3 Å². The van der Waals surface area contributed by atoms with Crippen molar-refractivity contribution in [1.82, 2.24) is 0 Å². The molecule has 0 bridgehead atoms. The van der Waals surface area contributed by atoms with Crippen molar-refractivity contribution in [3.8, 4) is 0 Å². The van der Waals surface area contributed by atoms with Gasteiger partial charge in [0.25, 0.3) is 5.83 Å². The molecule has 0 aliphatic carbocycles. The molecule has 0 saturated carbocycles. The van der Waals surface area contributed by atoms with Gasteiger partial charge < -0.3 is 0 Å². The van der Waals surface area contributed by atoms with Crippen LogP contribution in [0.2, 0.25) is 0 Å². The van der Waals surface area contributed by atoms with Gasteiger partial charge in [0.2, 0.25) is 0 Å². The predicted molar refractivity (Wildman–Crippen MR) is 34.8 cm³/mol. The molecule has 8 heteroatoms. The SMILES string of the molecule is C=C=C=C(F)F.FC(F)=C(F)C(F)(F)F. The molecule has 86 valence electrons. The Balaban J connectivity index is 0. The second-order valence-corrected chi connectivity index (χ2v) is 1.63. The Morgan fingerprint density at radius 3 is 1.33 bits per heavy atom. The Morgan fingerprint density at radius 1 is 0.933 bits per heavy atom. The maximum absolute atomic E-state index is 11.0. The van der Waals surface area contributed by atoms with Crippen LogP contribution in [0.1, 0.15) is 0 Å². The van der Waals surface area contributed by atoms with Gasteiger partial charge in [-0.2, -0.15) is 35.1 Å². The molecule has 0 aromatic rings. The zero-order valence-electron chi connectivity index (χ0n) is 6.73. The molecule has 0 amide bonds. The fourth-order valence-corrected chi connectivity index (χ4v) is 0.174. The molecule has 0 N–H and O–H groups in total. The monoisotopic (exact) mass is 238 g/mol. The van der Waals surface area contributed by atoms with E-state index in [0.717, 1.165) is 0 Å². The van der Waals surface area contributed by atoms with Gasteiger partial charge in [0.15, 0.2) is 0 Å². The van der Waals surface area contributed by atoms with Crippen molar-refractivity contribution in [2.45, 2.75) is 6.18 Å². The third kappa shape index (κ3) is 10.4. The minimum atomic E-state index is -5.56. The summed E-state index contributed by atoms with van der Waals surface area (Å²) >= 11 is 0. The van der Waals surface area contributed by atoms with Crippen LogP contribution in [0.3, 0.4) is 0 Å². The first kappa shape index (κ1) is 15.9. The Morgan fingerprint density at radius 2 is 1.33 bits per heavy atom. The predicted octanol–water partition coefficient (Wildman–Crippen LogP) is 4.33. The summed E-state index contributed by atoms with van der Waals surface area (Å²) in [6.45, 7) is 2.86. The molecule has 15 heavy (non-hydrogen) atoms. The highest BCUT2D eigenvalue weighted by Crippen LogP contribution is 2.29. The van der Waals surface area contributed by atoms with E-state index in [9.17, 15) is 35.1 Å². The van der Waals surface area contributed by atoms with Crippen molar-refractivity contribution in [2.24, 2.45) is 0 Å². The minimum Gasteiger partial charge on any atom is -0.196 e. The topological polar surface area (TPSA) is 0 Å². The lowest BCUT2D eigenvalue weighted by atomic mass is 10.6. The largest absolute Gasteiger partial charge is 0.448 e. The van der Waals surface area contributed by atoms with E-state index in [1.807, 2.05) is 0 Å². The lowest BCUT2D eigenvalue weighted by Crippen LogP contribution is -2.08. The molecule has 0 nitrogen and oxygen atoms in total. The van der Waals surface area contributed by atoms with Crippen molar-refractivity contribution < 1.29 is 35.1 Å². The lowest BCUT2D eigenvalue weighted by molar-refractivity contribution is -0.113. The van der Waals surface area contributed by atoms with E-state index in [-0.39, 0.29) is 0 Å². The van der Waals surface area contributed by atoms with Crippen LogP contribution in [0.4, 0.5) is 35.1 Å². The smallest absolute Gasteiger partial charge is 0.196 e. The Labute approximate surface area is 78.5 Å². The number of hydrogen-bond acceptors (Lipinski definition) is 0. The van der Waals surface area contributed by atoms with Crippen LogP contribution in [0.15, 0.2) is 36.0 Å². The van der Waals surface area contributed by atoms with Crippen LogP contribution in [0.25, 0.3) is 0 Å². The summed E-state index contributed by atoms with van der Waals surface area (Å²) in [6.07, 6.45) is -10.8. The molecule has 0 fully saturated rings. The molecular weight excluding hydrogens is 236 g/mol.